The third-order valence-corrected chi connectivity index (χ3v) is 3.59. The molecule has 0 aliphatic carbocycles. The number of aryl methyl sites for hydroxylation is 1. The number of nitrogens with one attached hydrogen (secondary N) is 2. The molecule has 0 spiro atoms. The fourth-order valence-corrected chi connectivity index (χ4v) is 2.31. The van der Waals surface area contributed by atoms with Gasteiger partial charge in [0.15, 0.2) is 0 Å². The number of rotatable bonds is 8. The van der Waals surface area contributed by atoms with E-state index in [1.165, 1.54) is 12.1 Å². The van der Waals surface area contributed by atoms with Gasteiger partial charge in [0.2, 0.25) is 12.3 Å². The molecule has 21 heavy (non-hydrogen) atoms. The molecule has 0 radical (unpaired) electrons. The summed E-state index contributed by atoms with van der Waals surface area (Å²) in [6.07, 6.45) is 0.301. The Morgan fingerprint density at radius 1 is 1.48 bits per heavy atom. The van der Waals surface area contributed by atoms with Crippen molar-refractivity contribution in [3.8, 4) is 0 Å². The van der Waals surface area contributed by atoms with E-state index in [9.17, 15) is 18.8 Å². The summed E-state index contributed by atoms with van der Waals surface area (Å²) in [7, 11) is 0. The van der Waals surface area contributed by atoms with Gasteiger partial charge >= 0.3 is 5.97 Å². The molecular weight excluding hydrogens is 299 g/mol. The Hall–Kier alpha value is -2.09. The molecule has 3 N–H and O–H groups in total. The number of benzene rings is 1. The highest BCUT2D eigenvalue weighted by atomic mass is 32.2. The van der Waals surface area contributed by atoms with Crippen molar-refractivity contribution in [1.82, 2.24) is 5.32 Å². The van der Waals surface area contributed by atoms with E-state index in [0.717, 1.165) is 17.3 Å². The second-order valence-electron chi connectivity index (χ2n) is 4.20. The third-order valence-electron chi connectivity index (χ3n) is 2.56. The minimum absolute atomic E-state index is 0.000268. The number of thioether (sulfide) groups is 1. The van der Waals surface area contributed by atoms with E-state index in [2.05, 4.69) is 10.6 Å². The number of carbonyl (C=O) groups is 3. The van der Waals surface area contributed by atoms with Crippen LogP contribution in [0, 0.1) is 12.7 Å². The fourth-order valence-electron chi connectivity index (χ4n) is 1.46. The predicted molar refractivity (Wildman–Crippen MR) is 77.7 cm³/mol. The van der Waals surface area contributed by atoms with Gasteiger partial charge in [-0.1, -0.05) is 6.07 Å². The highest BCUT2D eigenvalue weighted by Crippen LogP contribution is 2.16. The molecule has 1 aromatic rings. The number of anilines is 1. The molecule has 0 fully saturated rings. The molecular formula is C13H15FN2O4S. The van der Waals surface area contributed by atoms with Crippen molar-refractivity contribution in [3.05, 3.63) is 29.6 Å². The molecule has 0 saturated heterocycles. The highest BCUT2D eigenvalue weighted by molar-refractivity contribution is 8.00. The zero-order chi connectivity index (χ0) is 15.8. The van der Waals surface area contributed by atoms with E-state index >= 15 is 0 Å². The summed E-state index contributed by atoms with van der Waals surface area (Å²) >= 11 is 1.06. The molecule has 1 aromatic carbocycles. The molecule has 6 nitrogen and oxygen atoms in total. The van der Waals surface area contributed by atoms with Gasteiger partial charge in [-0.2, -0.15) is 0 Å². The van der Waals surface area contributed by atoms with Gasteiger partial charge in [0, 0.05) is 11.4 Å². The molecule has 0 bridgehead atoms. The summed E-state index contributed by atoms with van der Waals surface area (Å²) in [5, 5.41) is 13.5. The molecule has 1 rings (SSSR count). The second-order valence-corrected chi connectivity index (χ2v) is 5.23. The number of hydrogen-bond acceptors (Lipinski definition) is 4. The average Bonchev–Trinajstić information content (AvgIpc) is 2.41. The number of aliphatic carboxylic acids is 1. The zero-order valence-electron chi connectivity index (χ0n) is 11.3. The quantitative estimate of drug-likeness (QED) is 0.622. The van der Waals surface area contributed by atoms with Crippen LogP contribution in [0.5, 0.6) is 0 Å². The van der Waals surface area contributed by atoms with E-state index in [0.29, 0.717) is 12.1 Å². The maximum atomic E-state index is 13.1. The minimum atomic E-state index is -1.17. The van der Waals surface area contributed by atoms with Crippen LogP contribution in [0.4, 0.5) is 10.1 Å². The average molecular weight is 314 g/mol. The van der Waals surface area contributed by atoms with Crippen LogP contribution in [0.2, 0.25) is 0 Å². The Kier molecular flexibility index (Phi) is 6.67. The summed E-state index contributed by atoms with van der Waals surface area (Å²) in [5.41, 5.74) is 1.10. The molecule has 114 valence electrons. The summed E-state index contributed by atoms with van der Waals surface area (Å²) in [6.45, 7) is 1.73. The second kappa shape index (κ2) is 8.25. The van der Waals surface area contributed by atoms with Crippen LogP contribution in [-0.2, 0) is 14.4 Å². The SMILES string of the molecule is Cc1ccc(F)cc1NC(=O)CSCC(NC=O)C(=O)O. The smallest absolute Gasteiger partial charge is 0.327 e. The first kappa shape index (κ1) is 17.0. The van der Waals surface area contributed by atoms with Crippen LogP contribution in [0.3, 0.4) is 0 Å². The Morgan fingerprint density at radius 2 is 2.19 bits per heavy atom. The molecule has 0 aromatic heterocycles. The topological polar surface area (TPSA) is 95.5 Å². The molecule has 0 saturated carbocycles. The molecule has 8 heteroatoms. The molecule has 0 aliphatic rings. The van der Waals surface area contributed by atoms with Crippen molar-refractivity contribution < 1.29 is 23.9 Å². The monoisotopic (exact) mass is 314 g/mol. The van der Waals surface area contributed by atoms with Crippen molar-refractivity contribution >= 4 is 35.7 Å². The van der Waals surface area contributed by atoms with E-state index in [-0.39, 0.29) is 17.4 Å². The number of hydrogen-bond donors (Lipinski definition) is 3. The number of halogens is 1. The fraction of sp³-hybridized carbons (Fsp3) is 0.308. The summed E-state index contributed by atoms with van der Waals surface area (Å²) in [6, 6.07) is 3.01. The Morgan fingerprint density at radius 3 is 2.81 bits per heavy atom. The predicted octanol–water partition coefficient (Wildman–Crippen LogP) is 1.01. The highest BCUT2D eigenvalue weighted by Gasteiger charge is 2.16. The van der Waals surface area contributed by atoms with Crippen LogP contribution >= 0.6 is 11.8 Å². The normalized spacial score (nSPS) is 11.5. The Labute approximate surface area is 125 Å². The van der Waals surface area contributed by atoms with E-state index in [4.69, 9.17) is 5.11 Å². The number of carboxylic acid groups (broad SMARTS) is 1. The lowest BCUT2D eigenvalue weighted by atomic mass is 10.2. The molecule has 2 amide bonds. The zero-order valence-corrected chi connectivity index (χ0v) is 12.1. The van der Waals surface area contributed by atoms with Crippen molar-refractivity contribution in [2.45, 2.75) is 13.0 Å². The van der Waals surface area contributed by atoms with E-state index in [1.807, 2.05) is 0 Å². The van der Waals surface area contributed by atoms with Crippen LogP contribution in [0.25, 0.3) is 0 Å². The summed E-state index contributed by atoms with van der Waals surface area (Å²) in [5.74, 6) is -1.94. The van der Waals surface area contributed by atoms with Crippen LogP contribution in [0.15, 0.2) is 18.2 Å². The van der Waals surface area contributed by atoms with Crippen LogP contribution in [-0.4, -0.2) is 40.9 Å². The minimum Gasteiger partial charge on any atom is -0.480 e. The molecule has 0 heterocycles. The van der Waals surface area contributed by atoms with Gasteiger partial charge in [-0.15, -0.1) is 11.8 Å². The van der Waals surface area contributed by atoms with Crippen molar-refractivity contribution in [3.63, 3.8) is 0 Å². The summed E-state index contributed by atoms with van der Waals surface area (Å²) < 4.78 is 13.1. The van der Waals surface area contributed by atoms with Gasteiger partial charge in [-0.25, -0.2) is 9.18 Å². The van der Waals surface area contributed by atoms with Gasteiger partial charge in [0.05, 0.1) is 5.75 Å². The van der Waals surface area contributed by atoms with Crippen molar-refractivity contribution in [1.29, 1.82) is 0 Å². The first-order chi connectivity index (χ1) is 9.93. The van der Waals surface area contributed by atoms with Crippen LogP contribution < -0.4 is 10.6 Å². The van der Waals surface area contributed by atoms with E-state index in [1.54, 1.807) is 13.0 Å². The van der Waals surface area contributed by atoms with Crippen LogP contribution in [0.1, 0.15) is 5.56 Å². The summed E-state index contributed by atoms with van der Waals surface area (Å²) in [4.78, 5) is 32.7. The number of carboxylic acids is 1. The van der Waals surface area contributed by atoms with Gasteiger partial charge in [0.1, 0.15) is 11.9 Å². The third kappa shape index (κ3) is 5.82. The number of carbonyl (C=O) groups excluding carboxylic acids is 2. The lowest BCUT2D eigenvalue weighted by Gasteiger charge is -2.11. The first-order valence-electron chi connectivity index (χ1n) is 6.00. The largest absolute Gasteiger partial charge is 0.480 e. The van der Waals surface area contributed by atoms with Crippen molar-refractivity contribution in [2.24, 2.45) is 0 Å². The molecule has 0 aliphatic heterocycles. The van der Waals surface area contributed by atoms with Gasteiger partial charge in [0.25, 0.3) is 0 Å². The van der Waals surface area contributed by atoms with Gasteiger partial charge in [-0.3, -0.25) is 9.59 Å². The van der Waals surface area contributed by atoms with Gasteiger partial charge in [-0.05, 0) is 24.6 Å². The van der Waals surface area contributed by atoms with Gasteiger partial charge < -0.3 is 15.7 Å². The van der Waals surface area contributed by atoms with E-state index < -0.39 is 17.8 Å². The lowest BCUT2D eigenvalue weighted by molar-refractivity contribution is -0.139. The molecule has 1 atom stereocenters. The number of amides is 2. The first-order valence-corrected chi connectivity index (χ1v) is 7.15. The molecule has 1 unspecified atom stereocenters. The Bertz CT molecular complexity index is 539. The van der Waals surface area contributed by atoms with Crippen molar-refractivity contribution in [2.75, 3.05) is 16.8 Å². The maximum absolute atomic E-state index is 13.1. The standard InChI is InChI=1S/C13H15FN2O4S/c1-8-2-3-9(14)4-10(8)16-12(18)6-21-5-11(13(19)20)15-7-17/h2-4,7,11H,5-6H2,1H3,(H,15,17)(H,16,18)(H,19,20). The lowest BCUT2D eigenvalue weighted by Crippen LogP contribution is -2.38. The maximum Gasteiger partial charge on any atom is 0.327 e. The Balaban J connectivity index is 2.45.